The molecule has 90 valence electrons. The summed E-state index contributed by atoms with van der Waals surface area (Å²) in [5, 5.41) is 7.20. The molecule has 1 aromatic rings. The van der Waals surface area contributed by atoms with Gasteiger partial charge < -0.3 is 9.84 Å². The fourth-order valence-electron chi connectivity index (χ4n) is 2.44. The number of hydrogen-bond donors (Lipinski definition) is 1. The molecule has 2 atom stereocenters. The lowest BCUT2D eigenvalue weighted by Crippen LogP contribution is -2.13. The Labute approximate surface area is 96.8 Å². The van der Waals surface area contributed by atoms with E-state index in [4.69, 9.17) is 4.52 Å². The highest BCUT2D eigenvalue weighted by Crippen LogP contribution is 2.34. The predicted molar refractivity (Wildman–Crippen MR) is 62.3 cm³/mol. The molecule has 4 heteroatoms. The van der Waals surface area contributed by atoms with Crippen LogP contribution >= 0.6 is 0 Å². The molecule has 2 rings (SSSR count). The molecule has 1 heterocycles. The van der Waals surface area contributed by atoms with Crippen LogP contribution in [0.1, 0.15) is 50.2 Å². The third-order valence-electron chi connectivity index (χ3n) is 3.37. The Kier molecular flexibility index (Phi) is 3.93. The van der Waals surface area contributed by atoms with Gasteiger partial charge in [0.15, 0.2) is 5.82 Å². The van der Waals surface area contributed by atoms with Crippen molar-refractivity contribution in [2.45, 2.75) is 44.9 Å². The van der Waals surface area contributed by atoms with Gasteiger partial charge in [0.1, 0.15) is 0 Å². The van der Waals surface area contributed by atoms with Crippen LogP contribution in [0.4, 0.5) is 0 Å². The van der Waals surface area contributed by atoms with Crippen LogP contribution in [0.2, 0.25) is 0 Å². The summed E-state index contributed by atoms with van der Waals surface area (Å²) in [6.07, 6.45) is 5.90. The number of aromatic nitrogens is 2. The van der Waals surface area contributed by atoms with E-state index in [-0.39, 0.29) is 0 Å². The minimum atomic E-state index is 0.524. The molecule has 0 aliphatic heterocycles. The molecule has 4 nitrogen and oxygen atoms in total. The Bertz CT molecular complexity index is 324. The normalized spacial score (nSPS) is 25.9. The van der Waals surface area contributed by atoms with E-state index in [0.717, 1.165) is 30.6 Å². The smallest absolute Gasteiger partial charge is 0.227 e. The van der Waals surface area contributed by atoms with Crippen molar-refractivity contribution in [3.8, 4) is 0 Å². The van der Waals surface area contributed by atoms with Crippen molar-refractivity contribution in [2.24, 2.45) is 5.92 Å². The van der Waals surface area contributed by atoms with E-state index in [0.29, 0.717) is 5.92 Å². The van der Waals surface area contributed by atoms with Gasteiger partial charge in [0.25, 0.3) is 0 Å². The first-order valence-electron chi connectivity index (χ1n) is 6.26. The van der Waals surface area contributed by atoms with E-state index in [1.54, 1.807) is 0 Å². The minimum absolute atomic E-state index is 0.524. The maximum Gasteiger partial charge on any atom is 0.227 e. The molecule has 1 aromatic heterocycles. The van der Waals surface area contributed by atoms with E-state index in [2.05, 4.69) is 22.4 Å². The zero-order chi connectivity index (χ0) is 11.4. The minimum Gasteiger partial charge on any atom is -0.339 e. The first-order valence-corrected chi connectivity index (χ1v) is 6.26. The second kappa shape index (κ2) is 5.43. The summed E-state index contributed by atoms with van der Waals surface area (Å²) in [5.41, 5.74) is 0. The zero-order valence-electron chi connectivity index (χ0n) is 10.2. The lowest BCUT2D eigenvalue weighted by atomic mass is 9.82. The van der Waals surface area contributed by atoms with Gasteiger partial charge in [0.2, 0.25) is 5.89 Å². The van der Waals surface area contributed by atoms with Gasteiger partial charge in [-0.05, 0) is 25.8 Å². The van der Waals surface area contributed by atoms with Gasteiger partial charge in [-0.1, -0.05) is 24.9 Å². The molecule has 1 aliphatic carbocycles. The summed E-state index contributed by atoms with van der Waals surface area (Å²) >= 11 is 0. The molecule has 0 spiro atoms. The quantitative estimate of drug-likeness (QED) is 0.849. The topological polar surface area (TPSA) is 51.0 Å². The Morgan fingerprint density at radius 1 is 1.44 bits per heavy atom. The van der Waals surface area contributed by atoms with Crippen LogP contribution in [0.3, 0.4) is 0 Å². The number of rotatable bonds is 4. The SMILES string of the molecule is CNCCc1nc(C2CCCC(C)C2)no1. The maximum absolute atomic E-state index is 5.25. The van der Waals surface area contributed by atoms with E-state index in [1.807, 2.05) is 7.05 Å². The molecule has 0 saturated heterocycles. The molecule has 1 N–H and O–H groups in total. The van der Waals surface area contributed by atoms with Crippen molar-refractivity contribution in [1.82, 2.24) is 15.5 Å². The average Bonchev–Trinajstić information content (AvgIpc) is 2.75. The van der Waals surface area contributed by atoms with Crippen molar-refractivity contribution in [1.29, 1.82) is 0 Å². The molecule has 0 aromatic carbocycles. The molecule has 0 bridgehead atoms. The molecule has 1 fully saturated rings. The van der Waals surface area contributed by atoms with Crippen molar-refractivity contribution >= 4 is 0 Å². The van der Waals surface area contributed by atoms with E-state index >= 15 is 0 Å². The summed E-state index contributed by atoms with van der Waals surface area (Å²) in [6.45, 7) is 3.21. The van der Waals surface area contributed by atoms with Gasteiger partial charge in [-0.2, -0.15) is 4.98 Å². The molecule has 0 radical (unpaired) electrons. The van der Waals surface area contributed by atoms with Crippen LogP contribution in [0.25, 0.3) is 0 Å². The fraction of sp³-hybridized carbons (Fsp3) is 0.833. The van der Waals surface area contributed by atoms with Crippen LogP contribution < -0.4 is 5.32 Å². The highest BCUT2D eigenvalue weighted by molar-refractivity contribution is 4.98. The van der Waals surface area contributed by atoms with Crippen molar-refractivity contribution < 1.29 is 4.52 Å². The molecule has 0 amide bonds. The second-order valence-electron chi connectivity index (χ2n) is 4.87. The van der Waals surface area contributed by atoms with Crippen molar-refractivity contribution in [3.63, 3.8) is 0 Å². The Balaban J connectivity index is 1.95. The predicted octanol–water partition coefficient (Wildman–Crippen LogP) is 2.13. The van der Waals surface area contributed by atoms with Gasteiger partial charge in [-0.3, -0.25) is 0 Å². The summed E-state index contributed by atoms with van der Waals surface area (Å²) in [6, 6.07) is 0. The van der Waals surface area contributed by atoms with E-state index in [1.165, 1.54) is 25.7 Å². The molecular weight excluding hydrogens is 202 g/mol. The van der Waals surface area contributed by atoms with E-state index < -0.39 is 0 Å². The molecular formula is C12H21N3O. The highest BCUT2D eigenvalue weighted by Gasteiger charge is 2.24. The van der Waals surface area contributed by atoms with Crippen molar-refractivity contribution in [3.05, 3.63) is 11.7 Å². The average molecular weight is 223 g/mol. The van der Waals surface area contributed by atoms with Gasteiger partial charge in [-0.25, -0.2) is 0 Å². The molecule has 1 aliphatic rings. The summed E-state index contributed by atoms with van der Waals surface area (Å²) in [4.78, 5) is 4.49. The monoisotopic (exact) mass is 223 g/mol. The standard InChI is InChI=1S/C12H21N3O/c1-9-4-3-5-10(8-9)12-14-11(16-15-12)6-7-13-2/h9-10,13H,3-8H2,1-2H3. The lowest BCUT2D eigenvalue weighted by Gasteiger charge is -2.23. The van der Waals surface area contributed by atoms with Crippen LogP contribution in [-0.2, 0) is 6.42 Å². The van der Waals surface area contributed by atoms with Crippen LogP contribution in [-0.4, -0.2) is 23.7 Å². The third-order valence-corrected chi connectivity index (χ3v) is 3.37. The first kappa shape index (κ1) is 11.6. The van der Waals surface area contributed by atoms with Gasteiger partial charge >= 0.3 is 0 Å². The van der Waals surface area contributed by atoms with Crippen LogP contribution in [0.5, 0.6) is 0 Å². The molecule has 1 saturated carbocycles. The Hall–Kier alpha value is -0.900. The number of likely N-dealkylation sites (N-methyl/N-ethyl adjacent to an activating group) is 1. The highest BCUT2D eigenvalue weighted by atomic mass is 16.5. The van der Waals surface area contributed by atoms with Gasteiger partial charge in [0, 0.05) is 18.9 Å². The Morgan fingerprint density at radius 2 is 2.31 bits per heavy atom. The summed E-state index contributed by atoms with van der Waals surface area (Å²) < 4.78 is 5.25. The second-order valence-corrected chi connectivity index (χ2v) is 4.87. The maximum atomic E-state index is 5.25. The Morgan fingerprint density at radius 3 is 3.06 bits per heavy atom. The number of nitrogens with zero attached hydrogens (tertiary/aromatic N) is 2. The summed E-state index contributed by atoms with van der Waals surface area (Å²) in [5.74, 6) is 3.02. The van der Waals surface area contributed by atoms with Gasteiger partial charge in [-0.15, -0.1) is 0 Å². The number of hydrogen-bond acceptors (Lipinski definition) is 4. The van der Waals surface area contributed by atoms with Crippen LogP contribution in [0, 0.1) is 5.92 Å². The largest absolute Gasteiger partial charge is 0.339 e. The van der Waals surface area contributed by atoms with E-state index in [9.17, 15) is 0 Å². The first-order chi connectivity index (χ1) is 7.79. The number of nitrogens with one attached hydrogen (secondary N) is 1. The van der Waals surface area contributed by atoms with Crippen LogP contribution in [0.15, 0.2) is 4.52 Å². The van der Waals surface area contributed by atoms with Crippen molar-refractivity contribution in [2.75, 3.05) is 13.6 Å². The lowest BCUT2D eigenvalue weighted by molar-refractivity contribution is 0.319. The molecule has 16 heavy (non-hydrogen) atoms. The third kappa shape index (κ3) is 2.82. The molecule has 2 unspecified atom stereocenters. The fourth-order valence-corrected chi connectivity index (χ4v) is 2.44. The summed E-state index contributed by atoms with van der Waals surface area (Å²) in [7, 11) is 1.93. The van der Waals surface area contributed by atoms with Gasteiger partial charge in [0.05, 0.1) is 0 Å². The zero-order valence-corrected chi connectivity index (χ0v) is 10.2.